The summed E-state index contributed by atoms with van der Waals surface area (Å²) >= 11 is 0. The van der Waals surface area contributed by atoms with E-state index >= 15 is 0 Å². The van der Waals surface area contributed by atoms with Gasteiger partial charge < -0.3 is 24.8 Å². The smallest absolute Gasteiger partial charge is 1.00 e. The second-order valence-corrected chi connectivity index (χ2v) is 12.0. The van der Waals surface area contributed by atoms with Crippen molar-refractivity contribution in [3.8, 4) is 0 Å². The van der Waals surface area contributed by atoms with Crippen LogP contribution in [0.1, 0.15) is 72.6 Å². The maximum absolute atomic E-state index is 3.64. The van der Waals surface area contributed by atoms with E-state index in [-0.39, 0.29) is 51.0 Å². The predicted octanol–water partition coefficient (Wildman–Crippen LogP) is 0.423. The first-order valence-corrected chi connectivity index (χ1v) is 11.6. The van der Waals surface area contributed by atoms with Crippen LogP contribution in [0, 0.1) is 12.2 Å². The average Bonchev–Trinajstić information content (AvgIpc) is 3.02. The van der Waals surface area contributed by atoms with Gasteiger partial charge in [-0.1, -0.05) is 80.0 Å². The molecule has 0 aromatic heterocycles. The minimum Gasteiger partial charge on any atom is -1.00 e. The molecule has 0 radical (unpaired) electrons. The third kappa shape index (κ3) is 4.56. The molecule has 0 heterocycles. The molecule has 3 aliphatic rings. The zero-order valence-electron chi connectivity index (χ0n) is 16.3. The van der Waals surface area contributed by atoms with E-state index in [2.05, 4.69) is 46.4 Å². The summed E-state index contributed by atoms with van der Waals surface area (Å²) in [5.41, 5.74) is 7.07. The van der Waals surface area contributed by atoms with Gasteiger partial charge in [-0.25, -0.2) is 21.5 Å². The molecule has 1 fully saturated rings. The van der Waals surface area contributed by atoms with Crippen molar-refractivity contribution in [2.45, 2.75) is 84.7 Å². The van der Waals surface area contributed by atoms with Gasteiger partial charge in [0.2, 0.25) is 0 Å². The molecule has 0 atom stereocenters. The van der Waals surface area contributed by atoms with Crippen molar-refractivity contribution in [1.82, 2.24) is 0 Å². The fourth-order valence-electron chi connectivity index (χ4n) is 5.40. The fraction of sp³-hybridized carbons (Fsp3) is 0.619. The summed E-state index contributed by atoms with van der Waals surface area (Å²) in [6.07, 6.45) is 16.6. The number of allylic oxidation sites excluding steroid dienone is 8. The van der Waals surface area contributed by atoms with E-state index in [0.29, 0.717) is 0 Å². The Morgan fingerprint density at radius 2 is 1.16 bits per heavy atom. The van der Waals surface area contributed by atoms with Crippen LogP contribution in [0.4, 0.5) is 0 Å². The zero-order valence-corrected chi connectivity index (χ0v) is 21.3. The van der Waals surface area contributed by atoms with Crippen molar-refractivity contribution >= 4 is 8.07 Å². The Kier molecular flexibility index (Phi) is 10.5. The van der Waals surface area contributed by atoms with Crippen molar-refractivity contribution < 1.29 is 51.0 Å². The van der Waals surface area contributed by atoms with Gasteiger partial charge in [0.25, 0.3) is 0 Å². The first kappa shape index (κ1) is 25.6. The largest absolute Gasteiger partial charge is 4.00 e. The minimum absolute atomic E-state index is 0. The predicted molar refractivity (Wildman–Crippen MR) is 97.9 cm³/mol. The molecule has 3 aliphatic carbocycles. The van der Waals surface area contributed by atoms with E-state index in [9.17, 15) is 0 Å². The Morgan fingerprint density at radius 1 is 0.760 bits per heavy atom. The normalized spacial score (nSPS) is 21.3. The summed E-state index contributed by atoms with van der Waals surface area (Å²) in [5, 5.41) is 3.49. The summed E-state index contributed by atoms with van der Waals surface area (Å²) in [4.78, 5) is 0. The quantitative estimate of drug-likeness (QED) is 0.413. The van der Waals surface area contributed by atoms with Crippen molar-refractivity contribution in [3.05, 3.63) is 44.8 Å². The van der Waals surface area contributed by atoms with Gasteiger partial charge in [-0.2, -0.15) is 11.1 Å². The first-order chi connectivity index (χ1) is 10.5. The van der Waals surface area contributed by atoms with Crippen LogP contribution in [0.5, 0.6) is 0 Å². The third-order valence-electron chi connectivity index (χ3n) is 6.30. The van der Waals surface area contributed by atoms with Gasteiger partial charge in [-0.3, -0.25) is 12.2 Å². The van der Waals surface area contributed by atoms with E-state index < -0.39 is 8.07 Å². The molecule has 0 aromatic carbocycles. The fourth-order valence-corrected chi connectivity index (χ4v) is 11.7. The summed E-state index contributed by atoms with van der Waals surface area (Å²) in [5.74, 6) is 0. The molecule has 0 nitrogen and oxygen atoms in total. The second kappa shape index (κ2) is 10.3. The van der Waals surface area contributed by atoms with Gasteiger partial charge in [0.05, 0.1) is 0 Å². The molecule has 0 unspecified atom stereocenters. The Labute approximate surface area is 187 Å². The molecular formula is C21H30Cl2SiZr. The van der Waals surface area contributed by atoms with E-state index in [1.807, 2.05) is 0 Å². The molecular weight excluding hydrogens is 442 g/mol. The van der Waals surface area contributed by atoms with Crippen LogP contribution in [0.25, 0.3) is 0 Å². The van der Waals surface area contributed by atoms with Crippen molar-refractivity contribution in [3.63, 3.8) is 0 Å². The molecule has 0 bridgehead atoms. The minimum atomic E-state index is -1.67. The Bertz CT molecular complexity index is 565. The molecule has 136 valence electrons. The summed E-state index contributed by atoms with van der Waals surface area (Å²) < 4.78 is 0. The molecule has 3 rings (SSSR count). The molecule has 0 amide bonds. The SMILES string of the molecule is CC1=[C-]CC(C)=C1[Si](C)(C1=C(C)C[C-]=C1C)C1CCCCC1.[Cl-].[Cl-].[Zr+4]. The Balaban J connectivity index is 0.00000192. The maximum atomic E-state index is 3.64. The van der Waals surface area contributed by atoms with Gasteiger partial charge in [0.1, 0.15) is 0 Å². The topological polar surface area (TPSA) is 0 Å². The van der Waals surface area contributed by atoms with Crippen molar-refractivity contribution in [2.75, 3.05) is 0 Å². The van der Waals surface area contributed by atoms with Crippen LogP contribution < -0.4 is 24.8 Å². The first-order valence-electron chi connectivity index (χ1n) is 9.02. The van der Waals surface area contributed by atoms with Gasteiger partial charge in [-0.05, 0) is 0 Å². The second-order valence-electron chi connectivity index (χ2n) is 7.81. The Morgan fingerprint density at radius 3 is 1.48 bits per heavy atom. The van der Waals surface area contributed by atoms with Gasteiger partial charge in [0.15, 0.2) is 0 Å². The van der Waals surface area contributed by atoms with Crippen molar-refractivity contribution in [1.29, 1.82) is 0 Å². The molecule has 0 saturated heterocycles. The van der Waals surface area contributed by atoms with Gasteiger partial charge in [0, 0.05) is 0 Å². The van der Waals surface area contributed by atoms with Gasteiger partial charge >= 0.3 is 26.2 Å². The summed E-state index contributed by atoms with van der Waals surface area (Å²) in [6.45, 7) is 12.0. The number of rotatable bonds is 3. The van der Waals surface area contributed by atoms with Crippen LogP contribution in [-0.2, 0) is 26.2 Å². The molecule has 0 N–H and O–H groups in total. The molecule has 0 spiro atoms. The van der Waals surface area contributed by atoms with Crippen LogP contribution >= 0.6 is 0 Å². The zero-order chi connectivity index (χ0) is 15.9. The average molecular weight is 473 g/mol. The Hall–Kier alpha value is 0.640. The van der Waals surface area contributed by atoms with E-state index in [4.69, 9.17) is 0 Å². The van der Waals surface area contributed by atoms with Crippen LogP contribution in [0.3, 0.4) is 0 Å². The van der Waals surface area contributed by atoms with Crippen LogP contribution in [0.2, 0.25) is 12.1 Å². The monoisotopic (exact) mass is 470 g/mol. The van der Waals surface area contributed by atoms with E-state index in [1.165, 1.54) is 43.3 Å². The standard InChI is InChI=1S/C21H30Si.2ClH.Zr/c1-15-11-12-16(2)20(15)22(5,19-9-7-6-8-10-19)21-17(3)13-14-18(21)4;;;/h19H,6-11,13H2,1-5H3;2*1H;/q-2;;;+4/p-2. The third-order valence-corrected chi connectivity index (χ3v) is 12.2. The van der Waals surface area contributed by atoms with Gasteiger partial charge in [-0.15, -0.1) is 12.8 Å². The van der Waals surface area contributed by atoms with E-state index in [1.54, 1.807) is 21.5 Å². The molecule has 0 aliphatic heterocycles. The molecule has 4 heteroatoms. The molecule has 1 saturated carbocycles. The number of hydrogen-bond acceptors (Lipinski definition) is 0. The van der Waals surface area contributed by atoms with Crippen molar-refractivity contribution in [2.24, 2.45) is 0 Å². The summed E-state index contributed by atoms with van der Waals surface area (Å²) in [7, 11) is -1.67. The van der Waals surface area contributed by atoms with E-state index in [0.717, 1.165) is 18.4 Å². The molecule has 25 heavy (non-hydrogen) atoms. The van der Waals surface area contributed by atoms with Crippen LogP contribution in [0.15, 0.2) is 32.7 Å². The molecule has 0 aromatic rings. The number of hydrogen-bond donors (Lipinski definition) is 0. The number of halogens is 2. The van der Waals surface area contributed by atoms with Crippen LogP contribution in [-0.4, -0.2) is 8.07 Å². The summed E-state index contributed by atoms with van der Waals surface area (Å²) in [6, 6.07) is 0. The maximum Gasteiger partial charge on any atom is 4.00 e.